The van der Waals surface area contributed by atoms with Crippen molar-refractivity contribution < 1.29 is 28.9 Å². The Balaban J connectivity index is 1.51. The molecule has 2 atom stereocenters. The molecule has 24 heavy (non-hydrogen) atoms. The zero-order valence-corrected chi connectivity index (χ0v) is 13.4. The number of hydrogen-bond acceptors (Lipinski definition) is 6. The van der Waals surface area contributed by atoms with Gasteiger partial charge in [-0.15, -0.1) is 0 Å². The maximum atomic E-state index is 12.1. The van der Waals surface area contributed by atoms with Gasteiger partial charge in [-0.1, -0.05) is 13.3 Å². The van der Waals surface area contributed by atoms with E-state index >= 15 is 0 Å². The van der Waals surface area contributed by atoms with Gasteiger partial charge < -0.3 is 24.6 Å². The minimum Gasteiger partial charge on any atom is -0.491 e. The van der Waals surface area contributed by atoms with Crippen LogP contribution in [-0.4, -0.2) is 54.0 Å². The van der Waals surface area contributed by atoms with Crippen molar-refractivity contribution in [2.75, 3.05) is 19.9 Å². The predicted octanol–water partition coefficient (Wildman–Crippen LogP) is 0.875. The van der Waals surface area contributed by atoms with Crippen LogP contribution in [0.5, 0.6) is 17.2 Å². The Bertz CT molecular complexity index is 635. The Morgan fingerprint density at radius 3 is 2.96 bits per heavy atom. The SMILES string of the molecule is CCCC1NC(=O)N(CC(O)COc2ccc3c(c2)OCO3)C1=O. The van der Waals surface area contributed by atoms with Crippen LogP contribution in [0.4, 0.5) is 4.79 Å². The summed E-state index contributed by atoms with van der Waals surface area (Å²) >= 11 is 0. The minimum atomic E-state index is -0.981. The van der Waals surface area contributed by atoms with Gasteiger partial charge in [0.05, 0.1) is 6.54 Å². The molecule has 0 aliphatic carbocycles. The van der Waals surface area contributed by atoms with E-state index in [2.05, 4.69) is 5.32 Å². The highest BCUT2D eigenvalue weighted by Crippen LogP contribution is 2.35. The number of carbonyl (C=O) groups is 2. The van der Waals surface area contributed by atoms with Crippen molar-refractivity contribution in [1.82, 2.24) is 10.2 Å². The molecule has 2 N–H and O–H groups in total. The molecule has 1 saturated heterocycles. The first-order valence-electron chi connectivity index (χ1n) is 7.91. The number of benzene rings is 1. The van der Waals surface area contributed by atoms with Gasteiger partial charge in [-0.3, -0.25) is 9.69 Å². The van der Waals surface area contributed by atoms with Gasteiger partial charge >= 0.3 is 6.03 Å². The van der Waals surface area contributed by atoms with Crippen LogP contribution in [0.2, 0.25) is 0 Å². The number of imide groups is 1. The second-order valence-corrected chi connectivity index (χ2v) is 5.72. The number of fused-ring (bicyclic) bond motifs is 1. The highest BCUT2D eigenvalue weighted by Gasteiger charge is 2.38. The number of rotatable bonds is 7. The first-order valence-corrected chi connectivity index (χ1v) is 7.91. The number of amides is 3. The van der Waals surface area contributed by atoms with E-state index in [0.717, 1.165) is 11.3 Å². The molecular weight excluding hydrogens is 316 g/mol. The van der Waals surface area contributed by atoms with Crippen molar-refractivity contribution in [3.05, 3.63) is 18.2 Å². The number of aliphatic hydroxyl groups excluding tert-OH is 1. The average molecular weight is 336 g/mol. The fourth-order valence-corrected chi connectivity index (χ4v) is 2.66. The molecule has 130 valence electrons. The molecule has 0 bridgehead atoms. The number of β-amino-alcohol motifs (C(OH)–C–C–N with tert-alkyl or cyclic N) is 1. The van der Waals surface area contributed by atoms with E-state index in [4.69, 9.17) is 14.2 Å². The highest BCUT2D eigenvalue weighted by atomic mass is 16.7. The van der Waals surface area contributed by atoms with Crippen molar-refractivity contribution in [3.63, 3.8) is 0 Å². The van der Waals surface area contributed by atoms with E-state index in [1.54, 1.807) is 18.2 Å². The Morgan fingerprint density at radius 1 is 1.38 bits per heavy atom. The van der Waals surface area contributed by atoms with Gasteiger partial charge in [0.15, 0.2) is 11.5 Å². The molecule has 0 spiro atoms. The molecule has 1 aromatic carbocycles. The van der Waals surface area contributed by atoms with Crippen LogP contribution < -0.4 is 19.5 Å². The lowest BCUT2D eigenvalue weighted by molar-refractivity contribution is -0.128. The van der Waals surface area contributed by atoms with Gasteiger partial charge in [0.1, 0.15) is 24.5 Å². The van der Waals surface area contributed by atoms with Crippen LogP contribution in [-0.2, 0) is 4.79 Å². The van der Waals surface area contributed by atoms with Crippen LogP contribution in [0.15, 0.2) is 18.2 Å². The zero-order chi connectivity index (χ0) is 17.1. The summed E-state index contributed by atoms with van der Waals surface area (Å²) in [6.45, 7) is 1.97. The minimum absolute atomic E-state index is 0.0465. The summed E-state index contributed by atoms with van der Waals surface area (Å²) in [6, 6.07) is 4.12. The monoisotopic (exact) mass is 336 g/mol. The zero-order valence-electron chi connectivity index (χ0n) is 13.4. The van der Waals surface area contributed by atoms with Gasteiger partial charge in [0, 0.05) is 6.07 Å². The summed E-state index contributed by atoms with van der Waals surface area (Å²) in [5, 5.41) is 12.7. The second kappa shape index (κ2) is 6.96. The highest BCUT2D eigenvalue weighted by molar-refractivity contribution is 6.04. The van der Waals surface area contributed by atoms with E-state index in [-0.39, 0.29) is 25.9 Å². The van der Waals surface area contributed by atoms with E-state index in [0.29, 0.717) is 23.7 Å². The smallest absolute Gasteiger partial charge is 0.324 e. The third-order valence-electron chi connectivity index (χ3n) is 3.86. The number of hydrogen-bond donors (Lipinski definition) is 2. The molecular formula is C16H20N2O6. The maximum Gasteiger partial charge on any atom is 0.324 e. The van der Waals surface area contributed by atoms with Gasteiger partial charge in [-0.05, 0) is 18.6 Å². The van der Waals surface area contributed by atoms with E-state index in [1.165, 1.54) is 0 Å². The molecule has 2 unspecified atom stereocenters. The molecule has 3 amide bonds. The average Bonchev–Trinajstić information content (AvgIpc) is 3.13. The van der Waals surface area contributed by atoms with Crippen molar-refractivity contribution in [1.29, 1.82) is 0 Å². The molecule has 8 heteroatoms. The molecule has 1 aromatic rings. The summed E-state index contributed by atoms with van der Waals surface area (Å²) in [6.07, 6.45) is 0.399. The Kier molecular flexibility index (Phi) is 4.75. The third-order valence-corrected chi connectivity index (χ3v) is 3.86. The lowest BCUT2D eigenvalue weighted by atomic mass is 10.1. The third kappa shape index (κ3) is 3.38. The molecule has 1 fully saturated rings. The van der Waals surface area contributed by atoms with Gasteiger partial charge in [0.2, 0.25) is 6.79 Å². The quantitative estimate of drug-likeness (QED) is 0.717. The van der Waals surface area contributed by atoms with Crippen LogP contribution in [0.3, 0.4) is 0 Å². The number of nitrogens with one attached hydrogen (secondary N) is 1. The number of ether oxygens (including phenoxy) is 3. The van der Waals surface area contributed by atoms with Crippen molar-refractivity contribution in [2.45, 2.75) is 31.9 Å². The van der Waals surface area contributed by atoms with Crippen molar-refractivity contribution >= 4 is 11.9 Å². The van der Waals surface area contributed by atoms with Crippen molar-refractivity contribution in [3.8, 4) is 17.2 Å². The van der Waals surface area contributed by atoms with Gasteiger partial charge in [-0.2, -0.15) is 0 Å². The fraction of sp³-hybridized carbons (Fsp3) is 0.500. The van der Waals surface area contributed by atoms with E-state index < -0.39 is 18.2 Å². The molecule has 0 aromatic heterocycles. The largest absolute Gasteiger partial charge is 0.491 e. The molecule has 2 aliphatic heterocycles. The first kappa shape index (κ1) is 16.4. The molecule has 3 rings (SSSR count). The van der Waals surface area contributed by atoms with Crippen LogP contribution >= 0.6 is 0 Å². The topological polar surface area (TPSA) is 97.3 Å². The lowest BCUT2D eigenvalue weighted by Gasteiger charge is -2.18. The summed E-state index contributed by atoms with van der Waals surface area (Å²) in [5.74, 6) is 1.44. The van der Waals surface area contributed by atoms with E-state index in [1.807, 2.05) is 6.92 Å². The maximum absolute atomic E-state index is 12.1. The Labute approximate surface area is 139 Å². The molecule has 8 nitrogen and oxygen atoms in total. The number of urea groups is 1. The summed E-state index contributed by atoms with van der Waals surface area (Å²) in [4.78, 5) is 25.0. The van der Waals surface area contributed by atoms with Crippen LogP contribution in [0.1, 0.15) is 19.8 Å². The standard InChI is InChI=1S/C16H20N2O6/c1-2-3-12-15(20)18(16(21)17-12)7-10(19)8-22-11-4-5-13-14(6-11)24-9-23-13/h4-6,10,12,19H,2-3,7-9H2,1H3,(H,17,21). The Morgan fingerprint density at radius 2 is 2.17 bits per heavy atom. The van der Waals surface area contributed by atoms with Gasteiger partial charge in [0.25, 0.3) is 5.91 Å². The number of carbonyl (C=O) groups excluding carboxylic acids is 2. The van der Waals surface area contributed by atoms with Crippen LogP contribution in [0, 0.1) is 0 Å². The lowest BCUT2D eigenvalue weighted by Crippen LogP contribution is -2.40. The van der Waals surface area contributed by atoms with E-state index in [9.17, 15) is 14.7 Å². The van der Waals surface area contributed by atoms with Gasteiger partial charge in [-0.25, -0.2) is 4.79 Å². The summed E-state index contributed by atoms with van der Waals surface area (Å²) in [5.41, 5.74) is 0. The molecule has 2 heterocycles. The fourth-order valence-electron chi connectivity index (χ4n) is 2.66. The first-order chi connectivity index (χ1) is 11.6. The summed E-state index contributed by atoms with van der Waals surface area (Å²) in [7, 11) is 0. The van der Waals surface area contributed by atoms with Crippen molar-refractivity contribution in [2.24, 2.45) is 0 Å². The Hall–Kier alpha value is -2.48. The summed E-state index contributed by atoms with van der Waals surface area (Å²) < 4.78 is 15.9. The molecule has 0 radical (unpaired) electrons. The molecule has 2 aliphatic rings. The predicted molar refractivity (Wildman–Crippen MR) is 83.0 cm³/mol. The number of aliphatic hydroxyl groups is 1. The number of nitrogens with zero attached hydrogens (tertiary/aromatic N) is 1. The molecule has 0 saturated carbocycles. The van der Waals surface area contributed by atoms with Crippen LogP contribution in [0.25, 0.3) is 0 Å². The second-order valence-electron chi connectivity index (χ2n) is 5.72. The normalized spacial score (nSPS) is 20.2.